The second-order valence-electron chi connectivity index (χ2n) is 6.91. The SMILES string of the molecule is COC(=O)[C@H](NC(=O)c1c(O)c(-c2ccccc2)nc2ccccc12)c1ccccc1. The van der Waals surface area contributed by atoms with E-state index < -0.39 is 17.9 Å². The highest BCUT2D eigenvalue weighted by atomic mass is 16.5. The van der Waals surface area contributed by atoms with Crippen molar-refractivity contribution in [3.63, 3.8) is 0 Å². The monoisotopic (exact) mass is 412 g/mol. The van der Waals surface area contributed by atoms with E-state index in [2.05, 4.69) is 10.3 Å². The lowest BCUT2D eigenvalue weighted by molar-refractivity contribution is -0.143. The number of para-hydroxylation sites is 1. The molecular formula is C25H20N2O4. The van der Waals surface area contributed by atoms with Gasteiger partial charge in [-0.05, 0) is 11.6 Å². The number of carbonyl (C=O) groups is 2. The normalized spacial score (nSPS) is 11.6. The molecule has 1 aromatic heterocycles. The maximum absolute atomic E-state index is 13.4. The van der Waals surface area contributed by atoms with Gasteiger partial charge in [0.15, 0.2) is 11.8 Å². The fourth-order valence-corrected chi connectivity index (χ4v) is 3.47. The summed E-state index contributed by atoms with van der Waals surface area (Å²) in [7, 11) is 1.26. The van der Waals surface area contributed by atoms with Gasteiger partial charge in [0.05, 0.1) is 18.2 Å². The highest BCUT2D eigenvalue weighted by Crippen LogP contribution is 2.35. The zero-order chi connectivity index (χ0) is 21.8. The third-order valence-corrected chi connectivity index (χ3v) is 4.99. The zero-order valence-corrected chi connectivity index (χ0v) is 16.8. The number of benzene rings is 3. The Hall–Kier alpha value is -4.19. The molecule has 0 radical (unpaired) electrons. The number of nitrogens with zero attached hydrogens (tertiary/aromatic N) is 1. The molecule has 0 fully saturated rings. The Morgan fingerprint density at radius 2 is 1.52 bits per heavy atom. The molecule has 0 bridgehead atoms. The number of ether oxygens (including phenoxy) is 1. The molecule has 0 spiro atoms. The molecule has 2 N–H and O–H groups in total. The highest BCUT2D eigenvalue weighted by molar-refractivity contribution is 6.11. The van der Waals surface area contributed by atoms with Crippen LogP contribution in [0.5, 0.6) is 5.75 Å². The average Bonchev–Trinajstić information content (AvgIpc) is 2.82. The van der Waals surface area contributed by atoms with E-state index in [4.69, 9.17) is 4.74 Å². The summed E-state index contributed by atoms with van der Waals surface area (Å²) in [5.74, 6) is -1.47. The maximum atomic E-state index is 13.4. The maximum Gasteiger partial charge on any atom is 0.333 e. The van der Waals surface area contributed by atoms with Gasteiger partial charge in [0, 0.05) is 10.9 Å². The van der Waals surface area contributed by atoms with Crippen molar-refractivity contribution in [1.82, 2.24) is 10.3 Å². The summed E-state index contributed by atoms with van der Waals surface area (Å²) in [5.41, 5.74) is 2.14. The summed E-state index contributed by atoms with van der Waals surface area (Å²) in [4.78, 5) is 30.3. The molecule has 4 aromatic rings. The molecule has 31 heavy (non-hydrogen) atoms. The number of hydrogen-bond acceptors (Lipinski definition) is 5. The van der Waals surface area contributed by atoms with Gasteiger partial charge in [0.2, 0.25) is 0 Å². The minimum absolute atomic E-state index is 0.0503. The van der Waals surface area contributed by atoms with E-state index in [0.717, 1.165) is 0 Å². The number of pyridine rings is 1. The number of aromatic nitrogens is 1. The van der Waals surface area contributed by atoms with Crippen molar-refractivity contribution in [2.75, 3.05) is 7.11 Å². The van der Waals surface area contributed by atoms with E-state index in [1.807, 2.05) is 30.3 Å². The number of nitrogens with one attached hydrogen (secondary N) is 1. The summed E-state index contributed by atoms with van der Waals surface area (Å²) in [6.45, 7) is 0. The second-order valence-corrected chi connectivity index (χ2v) is 6.91. The van der Waals surface area contributed by atoms with Crippen LogP contribution in [0.4, 0.5) is 0 Å². The van der Waals surface area contributed by atoms with Crippen LogP contribution in [0.1, 0.15) is 22.0 Å². The summed E-state index contributed by atoms with van der Waals surface area (Å²) < 4.78 is 4.89. The Labute approximate surface area is 179 Å². The largest absolute Gasteiger partial charge is 0.505 e. The Kier molecular flexibility index (Phi) is 5.62. The van der Waals surface area contributed by atoms with E-state index in [9.17, 15) is 14.7 Å². The lowest BCUT2D eigenvalue weighted by Crippen LogP contribution is -2.34. The van der Waals surface area contributed by atoms with Crippen LogP contribution in [0.15, 0.2) is 84.9 Å². The molecule has 0 saturated carbocycles. The topological polar surface area (TPSA) is 88.5 Å². The Balaban J connectivity index is 1.83. The van der Waals surface area contributed by atoms with Crippen molar-refractivity contribution < 1.29 is 19.4 Å². The van der Waals surface area contributed by atoms with Gasteiger partial charge < -0.3 is 15.2 Å². The van der Waals surface area contributed by atoms with Crippen LogP contribution in [0, 0.1) is 0 Å². The zero-order valence-electron chi connectivity index (χ0n) is 16.8. The van der Waals surface area contributed by atoms with Gasteiger partial charge in [0.25, 0.3) is 5.91 Å². The fourth-order valence-electron chi connectivity index (χ4n) is 3.47. The predicted octanol–water partition coefficient (Wildman–Crippen LogP) is 4.25. The number of rotatable bonds is 5. The average molecular weight is 412 g/mol. The third kappa shape index (κ3) is 3.96. The van der Waals surface area contributed by atoms with Crippen LogP contribution < -0.4 is 5.32 Å². The standard InChI is InChI=1S/C25H20N2O4/c1-31-25(30)22(17-12-6-3-7-13-17)27-24(29)20-18-14-8-9-15-19(18)26-21(23(20)28)16-10-4-2-5-11-16/h2-15,22,28H,1H3,(H,27,29)/t22-/m1/s1. The predicted molar refractivity (Wildman–Crippen MR) is 118 cm³/mol. The molecule has 4 rings (SSSR count). The van der Waals surface area contributed by atoms with Gasteiger partial charge in [0.1, 0.15) is 5.69 Å². The minimum atomic E-state index is -1.02. The van der Waals surface area contributed by atoms with Gasteiger partial charge in [-0.25, -0.2) is 9.78 Å². The van der Waals surface area contributed by atoms with Crippen LogP contribution in [0.25, 0.3) is 22.2 Å². The van der Waals surface area contributed by atoms with Crippen LogP contribution in [-0.4, -0.2) is 29.1 Å². The number of esters is 1. The van der Waals surface area contributed by atoms with Crippen molar-refractivity contribution in [1.29, 1.82) is 0 Å². The molecule has 6 nitrogen and oxygen atoms in total. The first-order valence-electron chi connectivity index (χ1n) is 9.71. The van der Waals surface area contributed by atoms with E-state index >= 15 is 0 Å². The number of hydrogen-bond donors (Lipinski definition) is 2. The third-order valence-electron chi connectivity index (χ3n) is 4.99. The van der Waals surface area contributed by atoms with Crippen molar-refractivity contribution in [3.8, 4) is 17.0 Å². The Morgan fingerprint density at radius 3 is 2.19 bits per heavy atom. The lowest BCUT2D eigenvalue weighted by atomic mass is 10.0. The molecule has 1 atom stereocenters. The molecule has 1 amide bonds. The van der Waals surface area contributed by atoms with Crippen molar-refractivity contribution in [3.05, 3.63) is 96.1 Å². The van der Waals surface area contributed by atoms with E-state index in [0.29, 0.717) is 27.7 Å². The van der Waals surface area contributed by atoms with Crippen molar-refractivity contribution in [2.24, 2.45) is 0 Å². The van der Waals surface area contributed by atoms with Gasteiger partial charge in [-0.1, -0.05) is 78.9 Å². The molecule has 3 aromatic carbocycles. The van der Waals surface area contributed by atoms with Crippen LogP contribution >= 0.6 is 0 Å². The molecule has 0 aliphatic heterocycles. The van der Waals surface area contributed by atoms with E-state index in [-0.39, 0.29) is 11.3 Å². The first kappa shape index (κ1) is 20.1. The fraction of sp³-hybridized carbons (Fsp3) is 0.0800. The molecule has 0 aliphatic carbocycles. The van der Waals surface area contributed by atoms with Crippen LogP contribution in [0.3, 0.4) is 0 Å². The van der Waals surface area contributed by atoms with Crippen LogP contribution in [0.2, 0.25) is 0 Å². The molecule has 1 heterocycles. The summed E-state index contributed by atoms with van der Waals surface area (Å²) in [6.07, 6.45) is 0. The Bertz CT molecular complexity index is 1240. The van der Waals surface area contributed by atoms with E-state index in [1.165, 1.54) is 7.11 Å². The number of carbonyl (C=O) groups excluding carboxylic acids is 2. The number of amides is 1. The van der Waals surface area contributed by atoms with Crippen LogP contribution in [-0.2, 0) is 9.53 Å². The van der Waals surface area contributed by atoms with Gasteiger partial charge >= 0.3 is 5.97 Å². The van der Waals surface area contributed by atoms with Gasteiger partial charge in [-0.3, -0.25) is 4.79 Å². The van der Waals surface area contributed by atoms with Crippen molar-refractivity contribution in [2.45, 2.75) is 6.04 Å². The summed E-state index contributed by atoms with van der Waals surface area (Å²) in [5, 5.41) is 14.2. The first-order valence-corrected chi connectivity index (χ1v) is 9.71. The molecule has 6 heteroatoms. The Morgan fingerprint density at radius 1 is 0.903 bits per heavy atom. The summed E-state index contributed by atoms with van der Waals surface area (Å²) >= 11 is 0. The number of fused-ring (bicyclic) bond motifs is 1. The quantitative estimate of drug-likeness (QED) is 0.479. The molecule has 0 saturated heterocycles. The number of methoxy groups -OCH3 is 1. The molecule has 154 valence electrons. The second kappa shape index (κ2) is 8.67. The lowest BCUT2D eigenvalue weighted by Gasteiger charge is -2.19. The van der Waals surface area contributed by atoms with Crippen molar-refractivity contribution >= 4 is 22.8 Å². The molecule has 0 aliphatic rings. The minimum Gasteiger partial charge on any atom is -0.505 e. The number of aromatic hydroxyl groups is 1. The first-order chi connectivity index (χ1) is 15.1. The smallest absolute Gasteiger partial charge is 0.333 e. The highest BCUT2D eigenvalue weighted by Gasteiger charge is 2.27. The molecule has 0 unspecified atom stereocenters. The summed E-state index contributed by atoms with van der Waals surface area (Å²) in [6, 6.07) is 23.9. The molecular weight excluding hydrogens is 392 g/mol. The van der Waals surface area contributed by atoms with Gasteiger partial charge in [-0.2, -0.15) is 0 Å². The van der Waals surface area contributed by atoms with Gasteiger partial charge in [-0.15, -0.1) is 0 Å². The van der Waals surface area contributed by atoms with E-state index in [1.54, 1.807) is 54.6 Å².